The number of rotatable bonds is 6. The number of hydrogen-bond donors (Lipinski definition) is 0. The van der Waals surface area contributed by atoms with Gasteiger partial charge in [-0.05, 0) is 49.2 Å². The number of nitrogens with zero attached hydrogens (tertiary/aromatic N) is 3. The third kappa shape index (κ3) is 5.58. The first kappa shape index (κ1) is 21.3. The molecule has 2 heterocycles. The van der Waals surface area contributed by atoms with E-state index in [4.69, 9.17) is 14.5 Å². The number of imidazole rings is 1. The van der Waals surface area contributed by atoms with Crippen LogP contribution < -0.4 is 4.74 Å². The molecule has 5 nitrogen and oxygen atoms in total. The quantitative estimate of drug-likeness (QED) is 0.612. The summed E-state index contributed by atoms with van der Waals surface area (Å²) in [4.78, 5) is 7.29. The Hall–Kier alpha value is -2.37. The van der Waals surface area contributed by atoms with Gasteiger partial charge >= 0.3 is 0 Å². The van der Waals surface area contributed by atoms with E-state index in [1.54, 1.807) is 0 Å². The molecule has 0 radical (unpaired) electrons. The monoisotopic (exact) mass is 395 g/mol. The highest BCUT2D eigenvalue weighted by Gasteiger charge is 2.16. The summed E-state index contributed by atoms with van der Waals surface area (Å²) in [7, 11) is 0. The summed E-state index contributed by atoms with van der Waals surface area (Å²) in [6.07, 6.45) is 0. The SMILES string of the molecule is CC.Cc1cc(C)cc(OCCn2c(CN3CCOCC3)nc3ccccc32)c1. The molecule has 0 aliphatic carbocycles. The maximum Gasteiger partial charge on any atom is 0.124 e. The highest BCUT2D eigenvalue weighted by Crippen LogP contribution is 2.19. The van der Waals surface area contributed by atoms with Crippen molar-refractivity contribution in [2.24, 2.45) is 0 Å². The van der Waals surface area contributed by atoms with Gasteiger partial charge in [-0.1, -0.05) is 32.0 Å². The van der Waals surface area contributed by atoms with Crippen molar-refractivity contribution in [3.8, 4) is 5.75 Å². The van der Waals surface area contributed by atoms with Crippen LogP contribution in [-0.2, 0) is 17.8 Å². The molecule has 5 heteroatoms. The molecule has 1 fully saturated rings. The van der Waals surface area contributed by atoms with Crippen LogP contribution in [0.25, 0.3) is 11.0 Å². The van der Waals surface area contributed by atoms with E-state index in [9.17, 15) is 0 Å². The molecule has 0 amide bonds. The van der Waals surface area contributed by atoms with Crippen LogP contribution in [0.3, 0.4) is 0 Å². The van der Waals surface area contributed by atoms with Crippen LogP contribution in [0.5, 0.6) is 5.75 Å². The summed E-state index contributed by atoms with van der Waals surface area (Å²) in [5, 5.41) is 0. The van der Waals surface area contributed by atoms with Gasteiger partial charge in [-0.15, -0.1) is 0 Å². The molecule has 0 saturated carbocycles. The van der Waals surface area contributed by atoms with Crippen molar-refractivity contribution in [3.05, 3.63) is 59.4 Å². The average Bonchev–Trinajstić information content (AvgIpc) is 3.07. The van der Waals surface area contributed by atoms with Gasteiger partial charge in [-0.25, -0.2) is 4.98 Å². The van der Waals surface area contributed by atoms with Gasteiger partial charge in [-0.3, -0.25) is 4.90 Å². The zero-order valence-corrected chi connectivity index (χ0v) is 18.1. The van der Waals surface area contributed by atoms with E-state index >= 15 is 0 Å². The lowest BCUT2D eigenvalue weighted by atomic mass is 10.1. The average molecular weight is 396 g/mol. The van der Waals surface area contributed by atoms with Gasteiger partial charge < -0.3 is 14.0 Å². The Balaban J connectivity index is 0.00000117. The molecule has 4 rings (SSSR count). The van der Waals surface area contributed by atoms with E-state index in [0.29, 0.717) is 6.61 Å². The van der Waals surface area contributed by atoms with Crippen molar-refractivity contribution in [1.82, 2.24) is 14.5 Å². The molecular weight excluding hydrogens is 362 g/mol. The molecule has 0 atom stereocenters. The lowest BCUT2D eigenvalue weighted by molar-refractivity contribution is 0.0326. The van der Waals surface area contributed by atoms with Gasteiger partial charge in [0.1, 0.15) is 18.2 Å². The summed E-state index contributed by atoms with van der Waals surface area (Å²) in [5.74, 6) is 2.04. The Morgan fingerprint density at radius 3 is 2.41 bits per heavy atom. The van der Waals surface area contributed by atoms with Crippen LogP contribution in [0.2, 0.25) is 0 Å². The minimum Gasteiger partial charge on any atom is -0.492 e. The van der Waals surface area contributed by atoms with Gasteiger partial charge in [-0.2, -0.15) is 0 Å². The van der Waals surface area contributed by atoms with Crippen LogP contribution >= 0.6 is 0 Å². The fourth-order valence-corrected chi connectivity index (χ4v) is 3.73. The third-order valence-electron chi connectivity index (χ3n) is 4.98. The number of fused-ring (bicyclic) bond motifs is 1. The van der Waals surface area contributed by atoms with E-state index in [2.05, 4.69) is 59.7 Å². The van der Waals surface area contributed by atoms with Crippen molar-refractivity contribution < 1.29 is 9.47 Å². The van der Waals surface area contributed by atoms with Crippen LogP contribution in [0.15, 0.2) is 42.5 Å². The first-order valence-electron chi connectivity index (χ1n) is 10.6. The maximum atomic E-state index is 6.05. The molecule has 1 saturated heterocycles. The first-order valence-corrected chi connectivity index (χ1v) is 10.6. The Morgan fingerprint density at radius 1 is 1.00 bits per heavy atom. The summed E-state index contributed by atoms with van der Waals surface area (Å²) < 4.78 is 13.8. The predicted octanol–water partition coefficient (Wildman–Crippen LogP) is 4.59. The highest BCUT2D eigenvalue weighted by molar-refractivity contribution is 5.75. The Kier molecular flexibility index (Phi) is 7.67. The second-order valence-corrected chi connectivity index (χ2v) is 7.23. The summed E-state index contributed by atoms with van der Waals surface area (Å²) in [6.45, 7) is 14.0. The molecule has 0 spiro atoms. The minimum absolute atomic E-state index is 0.624. The maximum absolute atomic E-state index is 6.05. The lowest BCUT2D eigenvalue weighted by Crippen LogP contribution is -2.36. The van der Waals surface area contributed by atoms with Crippen LogP contribution in [0, 0.1) is 13.8 Å². The largest absolute Gasteiger partial charge is 0.492 e. The van der Waals surface area contributed by atoms with Crippen molar-refractivity contribution in [1.29, 1.82) is 0 Å². The number of aromatic nitrogens is 2. The highest BCUT2D eigenvalue weighted by atomic mass is 16.5. The molecule has 0 N–H and O–H groups in total. The second kappa shape index (κ2) is 10.4. The van der Waals surface area contributed by atoms with Gasteiger partial charge in [0, 0.05) is 13.1 Å². The molecule has 1 aliphatic heterocycles. The normalized spacial score (nSPS) is 14.5. The van der Waals surface area contributed by atoms with Crippen molar-refractivity contribution in [2.75, 3.05) is 32.9 Å². The Labute approximate surface area is 174 Å². The third-order valence-corrected chi connectivity index (χ3v) is 4.98. The van der Waals surface area contributed by atoms with Crippen molar-refractivity contribution in [2.45, 2.75) is 40.8 Å². The van der Waals surface area contributed by atoms with Crippen LogP contribution in [-0.4, -0.2) is 47.4 Å². The van der Waals surface area contributed by atoms with Gasteiger partial charge in [0.25, 0.3) is 0 Å². The zero-order chi connectivity index (χ0) is 20.6. The number of morpholine rings is 1. The van der Waals surface area contributed by atoms with E-state index in [0.717, 1.165) is 56.5 Å². The molecule has 156 valence electrons. The topological polar surface area (TPSA) is 39.5 Å². The van der Waals surface area contributed by atoms with Gasteiger partial charge in [0.15, 0.2) is 0 Å². The Bertz CT molecular complexity index is 893. The Morgan fingerprint density at radius 2 is 1.69 bits per heavy atom. The van der Waals surface area contributed by atoms with Crippen molar-refractivity contribution in [3.63, 3.8) is 0 Å². The molecule has 1 aromatic heterocycles. The lowest BCUT2D eigenvalue weighted by Gasteiger charge is -2.26. The predicted molar refractivity (Wildman–Crippen MR) is 119 cm³/mol. The fraction of sp³-hybridized carbons (Fsp3) is 0.458. The standard InChI is InChI=1S/C22H27N3O2.C2H6/c1-17-13-18(2)15-19(14-17)27-12-9-25-21-6-4-3-5-20(21)23-22(25)16-24-7-10-26-11-8-24;1-2/h3-6,13-15H,7-12,16H2,1-2H3;1-2H3. The van der Waals surface area contributed by atoms with Crippen molar-refractivity contribution >= 4 is 11.0 Å². The van der Waals surface area contributed by atoms with Crippen LogP contribution in [0.1, 0.15) is 30.8 Å². The van der Waals surface area contributed by atoms with E-state index < -0.39 is 0 Å². The fourth-order valence-electron chi connectivity index (χ4n) is 3.73. The molecule has 3 aromatic rings. The zero-order valence-electron chi connectivity index (χ0n) is 18.1. The second-order valence-electron chi connectivity index (χ2n) is 7.23. The minimum atomic E-state index is 0.624. The van der Waals surface area contributed by atoms with Gasteiger partial charge in [0.05, 0.1) is 37.3 Å². The van der Waals surface area contributed by atoms with Crippen LogP contribution in [0.4, 0.5) is 0 Å². The molecule has 1 aliphatic rings. The summed E-state index contributed by atoms with van der Waals surface area (Å²) in [5.41, 5.74) is 4.68. The smallest absolute Gasteiger partial charge is 0.124 e. The molecule has 0 unspecified atom stereocenters. The van der Waals surface area contributed by atoms with E-state index in [1.165, 1.54) is 16.6 Å². The van der Waals surface area contributed by atoms with E-state index in [-0.39, 0.29) is 0 Å². The summed E-state index contributed by atoms with van der Waals surface area (Å²) >= 11 is 0. The summed E-state index contributed by atoms with van der Waals surface area (Å²) in [6, 6.07) is 14.7. The molecule has 2 aromatic carbocycles. The first-order chi connectivity index (χ1) is 14.2. The molecular formula is C24H33N3O2. The number of ether oxygens (including phenoxy) is 2. The van der Waals surface area contributed by atoms with E-state index in [1.807, 2.05) is 19.9 Å². The van der Waals surface area contributed by atoms with Gasteiger partial charge in [0.2, 0.25) is 0 Å². The number of aryl methyl sites for hydroxylation is 2. The number of hydrogen-bond acceptors (Lipinski definition) is 4. The molecule has 29 heavy (non-hydrogen) atoms. The molecule has 0 bridgehead atoms. The number of para-hydroxylation sites is 2. The number of benzene rings is 2.